The van der Waals surface area contributed by atoms with Crippen molar-refractivity contribution in [2.45, 2.75) is 76.9 Å². The number of ketones is 1. The number of carbonyl (C=O) groups is 2. The number of ether oxygens (including phenoxy) is 1. The summed E-state index contributed by atoms with van der Waals surface area (Å²) in [6.45, 7) is 11.1. The molecule has 6 nitrogen and oxygen atoms in total. The summed E-state index contributed by atoms with van der Waals surface area (Å²) in [7, 11) is 0. The first-order valence-electron chi connectivity index (χ1n) is 12.1. The van der Waals surface area contributed by atoms with Crippen molar-refractivity contribution < 1.29 is 24.5 Å². The van der Waals surface area contributed by atoms with Crippen LogP contribution in [0.1, 0.15) is 52.9 Å². The highest BCUT2D eigenvalue weighted by Gasteiger charge is 2.94. The van der Waals surface area contributed by atoms with Crippen LogP contribution in [-0.2, 0) is 14.3 Å². The molecule has 9 bridgehead atoms. The van der Waals surface area contributed by atoms with E-state index in [2.05, 4.69) is 18.4 Å². The number of Topliss-reactive ketones (excluding diaryl/α,β-unsaturated/α-hetero) is 1. The van der Waals surface area contributed by atoms with Gasteiger partial charge in [0.15, 0.2) is 0 Å². The number of hydrogen-bond acceptors (Lipinski definition) is 6. The molecule has 0 amide bonds. The highest BCUT2D eigenvalue weighted by atomic mass is 16.5. The van der Waals surface area contributed by atoms with E-state index in [4.69, 9.17) is 4.74 Å². The third-order valence-electron chi connectivity index (χ3n) is 11.2. The Kier molecular flexibility index (Phi) is 3.18. The average molecular weight is 428 g/mol. The van der Waals surface area contributed by atoms with Gasteiger partial charge in [-0.1, -0.05) is 32.9 Å². The standard InChI is InChI=1S/C25H33NO5/c1-5-11(2)20(29)31-17-14-12(3)6-23-9-25(30)21-22(4)7-13(27)8-24(21,18(17)23)19(26(25)10-22)15(23)16(14)28/h11,14-19,21,28,30H,3,5-10H2,1-2,4H3. The van der Waals surface area contributed by atoms with Crippen molar-refractivity contribution in [3.63, 3.8) is 0 Å². The molecule has 9 rings (SSSR count). The molecule has 0 aromatic rings. The lowest BCUT2D eigenvalue weighted by molar-refractivity contribution is -0.269. The predicted molar refractivity (Wildman–Crippen MR) is 110 cm³/mol. The first-order valence-corrected chi connectivity index (χ1v) is 12.1. The summed E-state index contributed by atoms with van der Waals surface area (Å²) in [5, 5.41) is 23.8. The van der Waals surface area contributed by atoms with E-state index in [-0.39, 0.29) is 58.2 Å². The molecular formula is C25H33NO5. The average Bonchev–Trinajstić information content (AvgIpc) is 3.03. The smallest absolute Gasteiger partial charge is 0.308 e. The van der Waals surface area contributed by atoms with Gasteiger partial charge in [-0.2, -0.15) is 0 Å². The van der Waals surface area contributed by atoms with Crippen molar-refractivity contribution in [3.8, 4) is 0 Å². The number of nitrogens with zero attached hydrogens (tertiary/aromatic N) is 1. The van der Waals surface area contributed by atoms with Gasteiger partial charge in [-0.15, -0.1) is 0 Å². The second-order valence-electron chi connectivity index (χ2n) is 12.5. The molecule has 2 N–H and O–H groups in total. The number of aliphatic hydroxyl groups excluding tert-OH is 1. The quantitative estimate of drug-likeness (QED) is 0.528. The lowest BCUT2D eigenvalue weighted by Crippen LogP contribution is -2.71. The van der Waals surface area contributed by atoms with Gasteiger partial charge in [-0.25, -0.2) is 0 Å². The first-order chi connectivity index (χ1) is 14.5. The number of rotatable bonds is 3. The van der Waals surface area contributed by atoms with Gasteiger partial charge in [0.2, 0.25) is 0 Å². The summed E-state index contributed by atoms with van der Waals surface area (Å²) >= 11 is 0. The Balaban J connectivity index is 1.45. The fraction of sp³-hybridized carbons (Fsp3) is 0.840. The molecule has 3 aliphatic heterocycles. The second kappa shape index (κ2) is 5.13. The summed E-state index contributed by atoms with van der Waals surface area (Å²) in [6, 6.07) is -0.00326. The summed E-state index contributed by atoms with van der Waals surface area (Å²) in [5.74, 6) is -0.368. The Morgan fingerprint density at radius 2 is 2.10 bits per heavy atom. The number of carbonyl (C=O) groups excluding carboxylic acids is 2. The van der Waals surface area contributed by atoms with E-state index in [1.165, 1.54) is 0 Å². The predicted octanol–water partition coefficient (Wildman–Crippen LogP) is 1.89. The zero-order valence-electron chi connectivity index (χ0n) is 18.6. The summed E-state index contributed by atoms with van der Waals surface area (Å²) in [6.07, 6.45) is 1.96. The Hall–Kier alpha value is -1.24. The molecule has 6 saturated carbocycles. The SMILES string of the molecule is C=C1CC23CC4(O)C5C6(C)CC(=O)CC57C(C2C(O)C1C(OC(=O)C(C)CC)C37)N4C6. The van der Waals surface area contributed by atoms with E-state index < -0.39 is 23.3 Å². The Bertz CT molecular complexity index is 964. The van der Waals surface area contributed by atoms with Crippen molar-refractivity contribution in [1.29, 1.82) is 0 Å². The maximum atomic E-state index is 13.1. The van der Waals surface area contributed by atoms with Crippen LogP contribution in [0, 0.1) is 45.8 Å². The largest absolute Gasteiger partial charge is 0.461 e. The van der Waals surface area contributed by atoms with Crippen molar-refractivity contribution in [2.75, 3.05) is 6.54 Å². The third kappa shape index (κ3) is 1.68. The monoisotopic (exact) mass is 427 g/mol. The van der Waals surface area contributed by atoms with Crippen molar-refractivity contribution in [3.05, 3.63) is 12.2 Å². The van der Waals surface area contributed by atoms with E-state index in [0.717, 1.165) is 18.5 Å². The fourth-order valence-electron chi connectivity index (χ4n) is 11.1. The minimum Gasteiger partial charge on any atom is -0.461 e. The zero-order valence-corrected chi connectivity index (χ0v) is 18.6. The van der Waals surface area contributed by atoms with Crippen LogP contribution in [-0.4, -0.2) is 57.4 Å². The first kappa shape index (κ1) is 19.2. The van der Waals surface area contributed by atoms with Gasteiger partial charge in [0.05, 0.1) is 12.0 Å². The third-order valence-corrected chi connectivity index (χ3v) is 11.2. The molecule has 31 heavy (non-hydrogen) atoms. The van der Waals surface area contributed by atoms with Gasteiger partial charge in [-0.05, 0) is 30.1 Å². The van der Waals surface area contributed by atoms with Crippen LogP contribution < -0.4 is 0 Å². The molecule has 0 aromatic carbocycles. The van der Waals surface area contributed by atoms with E-state index in [1.54, 1.807) is 0 Å². The van der Waals surface area contributed by atoms with Crippen LogP contribution in [0.5, 0.6) is 0 Å². The van der Waals surface area contributed by atoms with Gasteiger partial charge >= 0.3 is 5.97 Å². The maximum Gasteiger partial charge on any atom is 0.308 e. The van der Waals surface area contributed by atoms with E-state index in [9.17, 15) is 19.8 Å². The normalized spacial score (nSPS) is 62.5. The molecule has 13 unspecified atom stereocenters. The minimum absolute atomic E-state index is 0.000408. The van der Waals surface area contributed by atoms with Gasteiger partial charge in [0.25, 0.3) is 0 Å². The minimum atomic E-state index is -0.914. The highest BCUT2D eigenvalue weighted by molar-refractivity contribution is 5.83. The van der Waals surface area contributed by atoms with Crippen molar-refractivity contribution >= 4 is 11.8 Å². The van der Waals surface area contributed by atoms with Crippen molar-refractivity contribution in [2.24, 2.45) is 45.8 Å². The molecule has 0 aromatic heterocycles. The van der Waals surface area contributed by atoms with Gasteiger partial charge in [0.1, 0.15) is 17.6 Å². The molecular weight excluding hydrogens is 394 g/mol. The number of piperidine rings is 2. The summed E-state index contributed by atoms with van der Waals surface area (Å²) in [5.41, 5.74) is -0.942. The number of hydrogen-bond donors (Lipinski definition) is 2. The van der Waals surface area contributed by atoms with Gasteiger partial charge in [0, 0.05) is 54.5 Å². The lowest BCUT2D eigenvalue weighted by atomic mass is 9.39. The van der Waals surface area contributed by atoms with Gasteiger partial charge in [-0.3, -0.25) is 14.5 Å². The lowest BCUT2D eigenvalue weighted by Gasteiger charge is -2.67. The molecule has 2 spiro atoms. The number of esters is 1. The van der Waals surface area contributed by atoms with Crippen LogP contribution in [0.15, 0.2) is 12.2 Å². The fourth-order valence-corrected chi connectivity index (χ4v) is 11.1. The Morgan fingerprint density at radius 3 is 2.81 bits per heavy atom. The van der Waals surface area contributed by atoms with E-state index in [0.29, 0.717) is 25.7 Å². The van der Waals surface area contributed by atoms with Crippen LogP contribution in [0.2, 0.25) is 0 Å². The molecule has 0 radical (unpaired) electrons. The molecule has 6 aliphatic carbocycles. The Labute approximate surface area is 183 Å². The molecule has 6 heteroatoms. The van der Waals surface area contributed by atoms with Crippen molar-refractivity contribution in [1.82, 2.24) is 4.90 Å². The van der Waals surface area contributed by atoms with E-state index >= 15 is 0 Å². The molecule has 168 valence electrons. The molecule has 3 heterocycles. The molecule has 3 saturated heterocycles. The van der Waals surface area contributed by atoms with Crippen LogP contribution in [0.25, 0.3) is 0 Å². The number of fused-ring (bicyclic) bond motifs is 1. The maximum absolute atomic E-state index is 13.1. The van der Waals surface area contributed by atoms with Crippen LogP contribution in [0.4, 0.5) is 0 Å². The highest BCUT2D eigenvalue weighted by Crippen LogP contribution is 2.88. The molecule has 13 atom stereocenters. The van der Waals surface area contributed by atoms with E-state index in [1.807, 2.05) is 13.8 Å². The number of aliphatic hydroxyl groups is 2. The Morgan fingerprint density at radius 1 is 1.35 bits per heavy atom. The van der Waals surface area contributed by atoms with Gasteiger partial charge < -0.3 is 14.9 Å². The summed E-state index contributed by atoms with van der Waals surface area (Å²) in [4.78, 5) is 28.4. The summed E-state index contributed by atoms with van der Waals surface area (Å²) < 4.78 is 6.27. The molecule has 9 fully saturated rings. The van der Waals surface area contributed by atoms with Crippen LogP contribution in [0.3, 0.4) is 0 Å². The topological polar surface area (TPSA) is 87.1 Å². The van der Waals surface area contributed by atoms with Crippen LogP contribution >= 0.6 is 0 Å². The zero-order chi connectivity index (χ0) is 21.9. The second-order valence-corrected chi connectivity index (χ2v) is 12.5. The molecule has 9 aliphatic rings.